The number of amides is 1. The molecule has 1 saturated carbocycles. The second-order valence-electron chi connectivity index (χ2n) is 8.91. The topological polar surface area (TPSA) is 62.5 Å². The molecule has 0 spiro atoms. The molecule has 0 radical (unpaired) electrons. The lowest BCUT2D eigenvalue weighted by atomic mass is 9.89. The lowest BCUT2D eigenvalue weighted by molar-refractivity contribution is -0.131. The van der Waals surface area contributed by atoms with E-state index in [1.807, 2.05) is 4.90 Å². The van der Waals surface area contributed by atoms with Gasteiger partial charge in [-0.05, 0) is 62.4 Å². The first-order valence-electron chi connectivity index (χ1n) is 11.8. The molecule has 1 aliphatic carbocycles. The fourth-order valence-electron chi connectivity index (χ4n) is 4.76. The highest BCUT2D eigenvalue weighted by Gasteiger charge is 2.22. The summed E-state index contributed by atoms with van der Waals surface area (Å²) < 4.78 is 18.3. The third-order valence-corrected chi connectivity index (χ3v) is 6.53. The molecular formula is C24H33FN4O2. The SMILES string of the molecule is O=C(CCCc1nc(-c2ccc(F)cc2)no1)N1CCCN(CC2CCCCC2)CC1. The van der Waals surface area contributed by atoms with Gasteiger partial charge in [0.2, 0.25) is 17.6 Å². The number of hydrogen-bond donors (Lipinski definition) is 0. The van der Waals surface area contributed by atoms with Crippen molar-refractivity contribution in [1.82, 2.24) is 19.9 Å². The Labute approximate surface area is 183 Å². The summed E-state index contributed by atoms with van der Waals surface area (Å²) in [5.41, 5.74) is 0.717. The van der Waals surface area contributed by atoms with E-state index >= 15 is 0 Å². The number of nitrogens with zero attached hydrogens (tertiary/aromatic N) is 4. The molecule has 1 aliphatic heterocycles. The van der Waals surface area contributed by atoms with Crippen molar-refractivity contribution in [3.63, 3.8) is 0 Å². The lowest BCUT2D eigenvalue weighted by Crippen LogP contribution is -2.36. The van der Waals surface area contributed by atoms with Crippen LogP contribution in [0.25, 0.3) is 11.4 Å². The second-order valence-corrected chi connectivity index (χ2v) is 8.91. The molecule has 6 nitrogen and oxygen atoms in total. The van der Waals surface area contributed by atoms with Gasteiger partial charge in [-0.1, -0.05) is 24.4 Å². The summed E-state index contributed by atoms with van der Waals surface area (Å²) in [6, 6.07) is 6.01. The molecule has 7 heteroatoms. The summed E-state index contributed by atoms with van der Waals surface area (Å²) in [6.45, 7) is 4.99. The van der Waals surface area contributed by atoms with Gasteiger partial charge >= 0.3 is 0 Å². The van der Waals surface area contributed by atoms with E-state index in [4.69, 9.17) is 4.52 Å². The van der Waals surface area contributed by atoms with Crippen LogP contribution in [0.5, 0.6) is 0 Å². The van der Waals surface area contributed by atoms with Gasteiger partial charge in [0.25, 0.3) is 0 Å². The lowest BCUT2D eigenvalue weighted by Gasteiger charge is -2.28. The van der Waals surface area contributed by atoms with E-state index in [1.54, 1.807) is 12.1 Å². The van der Waals surface area contributed by atoms with Crippen molar-refractivity contribution in [2.45, 2.75) is 57.8 Å². The third kappa shape index (κ3) is 6.35. The van der Waals surface area contributed by atoms with Gasteiger partial charge in [0.1, 0.15) is 5.82 Å². The number of aryl methyl sites for hydroxylation is 1. The highest BCUT2D eigenvalue weighted by Crippen LogP contribution is 2.25. The minimum Gasteiger partial charge on any atom is -0.341 e. The van der Waals surface area contributed by atoms with Crippen LogP contribution < -0.4 is 0 Å². The highest BCUT2D eigenvalue weighted by atomic mass is 19.1. The molecule has 0 atom stereocenters. The number of carbonyl (C=O) groups is 1. The fourth-order valence-corrected chi connectivity index (χ4v) is 4.76. The Morgan fingerprint density at radius 1 is 1.03 bits per heavy atom. The van der Waals surface area contributed by atoms with Crippen molar-refractivity contribution < 1.29 is 13.7 Å². The van der Waals surface area contributed by atoms with E-state index in [0.717, 1.165) is 44.1 Å². The van der Waals surface area contributed by atoms with Crippen molar-refractivity contribution >= 4 is 5.91 Å². The van der Waals surface area contributed by atoms with Gasteiger partial charge in [-0.15, -0.1) is 0 Å². The number of halogens is 1. The molecule has 2 fully saturated rings. The quantitative estimate of drug-likeness (QED) is 0.658. The Hall–Kier alpha value is -2.28. The van der Waals surface area contributed by atoms with E-state index in [9.17, 15) is 9.18 Å². The van der Waals surface area contributed by atoms with E-state index in [1.165, 1.54) is 50.8 Å². The fraction of sp³-hybridized carbons (Fsp3) is 0.625. The minimum absolute atomic E-state index is 0.220. The van der Waals surface area contributed by atoms with Crippen molar-refractivity contribution in [1.29, 1.82) is 0 Å². The molecule has 1 saturated heterocycles. The van der Waals surface area contributed by atoms with Crippen molar-refractivity contribution in [3.05, 3.63) is 36.0 Å². The summed E-state index contributed by atoms with van der Waals surface area (Å²) in [5.74, 6) is 1.74. The maximum absolute atomic E-state index is 13.1. The van der Waals surface area contributed by atoms with E-state index < -0.39 is 0 Å². The molecule has 168 valence electrons. The summed E-state index contributed by atoms with van der Waals surface area (Å²) >= 11 is 0. The average molecular weight is 429 g/mol. The Morgan fingerprint density at radius 3 is 2.65 bits per heavy atom. The van der Waals surface area contributed by atoms with Crippen LogP contribution in [0, 0.1) is 11.7 Å². The largest absolute Gasteiger partial charge is 0.341 e. The van der Waals surface area contributed by atoms with E-state index in [0.29, 0.717) is 31.0 Å². The van der Waals surface area contributed by atoms with Crippen LogP contribution >= 0.6 is 0 Å². The molecule has 1 aromatic heterocycles. The maximum atomic E-state index is 13.1. The van der Waals surface area contributed by atoms with E-state index in [2.05, 4.69) is 15.0 Å². The standard InChI is InChI=1S/C24H33FN4O2/c25-21-12-10-20(11-13-21)24-26-22(31-27-24)8-4-9-23(30)29-15-5-14-28(16-17-29)18-19-6-2-1-3-7-19/h10-13,19H,1-9,14-18H2. The van der Waals surface area contributed by atoms with Gasteiger partial charge in [-0.3, -0.25) is 4.79 Å². The van der Waals surface area contributed by atoms with Gasteiger partial charge in [0, 0.05) is 44.6 Å². The first-order chi connectivity index (χ1) is 15.2. The van der Waals surface area contributed by atoms with Gasteiger partial charge in [-0.2, -0.15) is 4.98 Å². The average Bonchev–Trinajstić information content (AvgIpc) is 3.13. The van der Waals surface area contributed by atoms with Crippen LogP contribution in [0.2, 0.25) is 0 Å². The first-order valence-corrected chi connectivity index (χ1v) is 11.8. The summed E-state index contributed by atoms with van der Waals surface area (Å²) in [4.78, 5) is 21.7. The minimum atomic E-state index is -0.295. The van der Waals surface area contributed by atoms with Crippen molar-refractivity contribution in [3.8, 4) is 11.4 Å². The number of rotatable bonds is 7. The molecule has 0 bridgehead atoms. The maximum Gasteiger partial charge on any atom is 0.226 e. The molecule has 31 heavy (non-hydrogen) atoms. The number of benzene rings is 1. The van der Waals surface area contributed by atoms with Gasteiger partial charge < -0.3 is 14.3 Å². The molecule has 4 rings (SSSR count). The number of carbonyl (C=O) groups excluding carboxylic acids is 1. The van der Waals surface area contributed by atoms with Crippen LogP contribution in [-0.4, -0.2) is 58.6 Å². The van der Waals surface area contributed by atoms with Gasteiger partial charge in [-0.25, -0.2) is 4.39 Å². The van der Waals surface area contributed by atoms with Crippen LogP contribution in [0.4, 0.5) is 4.39 Å². The zero-order valence-electron chi connectivity index (χ0n) is 18.3. The Morgan fingerprint density at radius 2 is 1.84 bits per heavy atom. The monoisotopic (exact) mass is 428 g/mol. The van der Waals surface area contributed by atoms with Crippen molar-refractivity contribution in [2.75, 3.05) is 32.7 Å². The molecule has 2 aromatic rings. The van der Waals surface area contributed by atoms with Crippen LogP contribution in [-0.2, 0) is 11.2 Å². The van der Waals surface area contributed by atoms with Gasteiger partial charge in [0.05, 0.1) is 0 Å². The predicted molar refractivity (Wildman–Crippen MR) is 117 cm³/mol. The number of hydrogen-bond acceptors (Lipinski definition) is 5. The van der Waals surface area contributed by atoms with Crippen LogP contribution in [0.15, 0.2) is 28.8 Å². The van der Waals surface area contributed by atoms with Crippen LogP contribution in [0.3, 0.4) is 0 Å². The molecule has 2 aliphatic rings. The molecule has 1 aromatic carbocycles. The van der Waals surface area contributed by atoms with E-state index in [-0.39, 0.29) is 11.7 Å². The molecular weight excluding hydrogens is 395 g/mol. The summed E-state index contributed by atoms with van der Waals surface area (Å²) in [7, 11) is 0. The molecule has 0 N–H and O–H groups in total. The zero-order valence-corrected chi connectivity index (χ0v) is 18.3. The summed E-state index contributed by atoms with van der Waals surface area (Å²) in [5, 5.41) is 3.96. The Balaban J connectivity index is 1.19. The third-order valence-electron chi connectivity index (χ3n) is 6.53. The smallest absolute Gasteiger partial charge is 0.226 e. The molecule has 1 amide bonds. The van der Waals surface area contributed by atoms with Gasteiger partial charge in [0.15, 0.2) is 0 Å². The predicted octanol–water partition coefficient (Wildman–Crippen LogP) is 4.31. The molecule has 0 unspecified atom stereocenters. The second kappa shape index (κ2) is 10.8. The summed E-state index contributed by atoms with van der Waals surface area (Å²) in [6.07, 6.45) is 9.72. The first kappa shape index (κ1) is 21.9. The normalized spacial score (nSPS) is 18.8. The Kier molecular flexibility index (Phi) is 7.67. The van der Waals surface area contributed by atoms with Crippen molar-refractivity contribution in [2.24, 2.45) is 5.92 Å². The highest BCUT2D eigenvalue weighted by molar-refractivity contribution is 5.76. The zero-order chi connectivity index (χ0) is 21.5. The number of aromatic nitrogens is 2. The molecule has 2 heterocycles. The Bertz CT molecular complexity index is 832. The van der Waals surface area contributed by atoms with Crippen LogP contribution in [0.1, 0.15) is 57.3 Å².